The molecule has 3 heterocycles. The van der Waals surface area contributed by atoms with E-state index in [1.807, 2.05) is 47.8 Å². The zero-order valence-electron chi connectivity index (χ0n) is 17.9. The Kier molecular flexibility index (Phi) is 5.73. The van der Waals surface area contributed by atoms with Gasteiger partial charge in [-0.1, -0.05) is 30.3 Å². The number of fused-ring (bicyclic) bond motifs is 1. The maximum absolute atomic E-state index is 12.9. The third kappa shape index (κ3) is 3.91. The van der Waals surface area contributed by atoms with Gasteiger partial charge >= 0.3 is 0 Å². The van der Waals surface area contributed by atoms with Gasteiger partial charge in [-0.25, -0.2) is 0 Å². The van der Waals surface area contributed by atoms with Crippen LogP contribution in [0.2, 0.25) is 0 Å². The first-order chi connectivity index (χ1) is 15.7. The molecule has 5 rings (SSSR count). The number of nitrogens with one attached hydrogen (secondary N) is 1. The number of ether oxygens (including phenoxy) is 1. The molecule has 0 atom stereocenters. The molecule has 6 nitrogen and oxygen atoms in total. The van der Waals surface area contributed by atoms with Crippen LogP contribution in [-0.2, 0) is 0 Å². The van der Waals surface area contributed by atoms with E-state index in [2.05, 4.69) is 32.5 Å². The average molecular weight is 445 g/mol. The van der Waals surface area contributed by atoms with Gasteiger partial charge in [0.15, 0.2) is 0 Å². The van der Waals surface area contributed by atoms with Gasteiger partial charge in [0, 0.05) is 29.4 Å². The number of amides is 1. The van der Waals surface area contributed by atoms with E-state index < -0.39 is 0 Å². The van der Waals surface area contributed by atoms with Crippen molar-refractivity contribution in [1.82, 2.24) is 10.2 Å². The van der Waals surface area contributed by atoms with Crippen LogP contribution in [-0.4, -0.2) is 36.3 Å². The van der Waals surface area contributed by atoms with Crippen molar-refractivity contribution in [3.63, 3.8) is 0 Å². The van der Waals surface area contributed by atoms with Crippen molar-refractivity contribution >= 4 is 39.4 Å². The number of rotatable bonds is 5. The Morgan fingerprint density at radius 3 is 2.56 bits per heavy atom. The molecule has 162 valence electrons. The number of carbonyl (C=O) groups excluding carboxylic acids is 1. The summed E-state index contributed by atoms with van der Waals surface area (Å²) in [6.45, 7) is 1.99. The minimum atomic E-state index is -0.0962. The first kappa shape index (κ1) is 20.5. The molecule has 2 aromatic heterocycles. The van der Waals surface area contributed by atoms with Gasteiger partial charge in [-0.3, -0.25) is 4.79 Å². The lowest BCUT2D eigenvalue weighted by Crippen LogP contribution is -2.30. The standard InChI is InChI=1S/C25H24N4O2S/c1-31-25-19-9-4-3-8-18(19)23(27-28-25)17-11-12-21(29-13-5-2-6-14-29)20(16-17)26-24(30)22-10-7-15-32-22/h3-4,7-12,15-16H,2,5-6,13-14H2,1H3,(H,26,30). The monoisotopic (exact) mass is 444 g/mol. The summed E-state index contributed by atoms with van der Waals surface area (Å²) in [6.07, 6.45) is 3.57. The first-order valence-corrected chi connectivity index (χ1v) is 11.7. The van der Waals surface area contributed by atoms with Crippen molar-refractivity contribution in [2.75, 3.05) is 30.4 Å². The maximum Gasteiger partial charge on any atom is 0.265 e. The Hall–Kier alpha value is -3.45. The van der Waals surface area contributed by atoms with Gasteiger partial charge in [-0.2, -0.15) is 0 Å². The first-order valence-electron chi connectivity index (χ1n) is 10.8. The molecular weight excluding hydrogens is 420 g/mol. The van der Waals surface area contributed by atoms with E-state index in [0.29, 0.717) is 10.8 Å². The molecule has 1 amide bonds. The highest BCUT2D eigenvalue weighted by Gasteiger charge is 2.19. The molecule has 0 saturated carbocycles. The van der Waals surface area contributed by atoms with Crippen LogP contribution in [0.5, 0.6) is 5.88 Å². The van der Waals surface area contributed by atoms with Gasteiger partial charge in [0.1, 0.15) is 5.69 Å². The fourth-order valence-electron chi connectivity index (χ4n) is 4.23. The minimum Gasteiger partial charge on any atom is -0.479 e. The Balaban J connectivity index is 1.60. The Labute approximate surface area is 190 Å². The van der Waals surface area contributed by atoms with Gasteiger partial charge in [0.05, 0.1) is 23.4 Å². The summed E-state index contributed by atoms with van der Waals surface area (Å²) >= 11 is 1.44. The summed E-state index contributed by atoms with van der Waals surface area (Å²) in [7, 11) is 1.60. The minimum absolute atomic E-state index is 0.0962. The van der Waals surface area contributed by atoms with Crippen molar-refractivity contribution in [3.8, 4) is 17.1 Å². The molecule has 7 heteroatoms. The van der Waals surface area contributed by atoms with Gasteiger partial charge in [-0.15, -0.1) is 21.5 Å². The zero-order valence-corrected chi connectivity index (χ0v) is 18.7. The molecule has 32 heavy (non-hydrogen) atoms. The number of anilines is 2. The highest BCUT2D eigenvalue weighted by molar-refractivity contribution is 7.12. The van der Waals surface area contributed by atoms with Crippen LogP contribution in [0.3, 0.4) is 0 Å². The van der Waals surface area contributed by atoms with Crippen LogP contribution in [0.4, 0.5) is 11.4 Å². The zero-order chi connectivity index (χ0) is 21.9. The molecule has 0 radical (unpaired) electrons. The van der Waals surface area contributed by atoms with E-state index in [0.717, 1.165) is 59.3 Å². The quantitative estimate of drug-likeness (QED) is 0.433. The predicted molar refractivity (Wildman–Crippen MR) is 130 cm³/mol. The Morgan fingerprint density at radius 1 is 1.00 bits per heavy atom. The third-order valence-electron chi connectivity index (χ3n) is 5.81. The molecular formula is C25H24N4O2S. The number of methoxy groups -OCH3 is 1. The number of nitrogens with zero attached hydrogens (tertiary/aromatic N) is 3. The van der Waals surface area contributed by atoms with E-state index in [-0.39, 0.29) is 5.91 Å². The second-order valence-electron chi connectivity index (χ2n) is 7.81. The van der Waals surface area contributed by atoms with E-state index >= 15 is 0 Å². The molecule has 0 unspecified atom stereocenters. The van der Waals surface area contributed by atoms with Crippen molar-refractivity contribution in [2.24, 2.45) is 0 Å². The summed E-state index contributed by atoms with van der Waals surface area (Å²) in [5, 5.41) is 15.7. The number of aromatic nitrogens is 2. The van der Waals surface area contributed by atoms with E-state index in [1.165, 1.54) is 17.8 Å². The van der Waals surface area contributed by atoms with Crippen LogP contribution < -0.4 is 15.0 Å². The molecule has 4 aromatic rings. The molecule has 1 aliphatic heterocycles. The summed E-state index contributed by atoms with van der Waals surface area (Å²) < 4.78 is 5.40. The van der Waals surface area contributed by atoms with Crippen LogP contribution in [0.25, 0.3) is 22.0 Å². The Bertz CT molecular complexity index is 1250. The van der Waals surface area contributed by atoms with Crippen molar-refractivity contribution in [2.45, 2.75) is 19.3 Å². The summed E-state index contributed by atoms with van der Waals surface area (Å²) in [4.78, 5) is 15.9. The molecule has 1 saturated heterocycles. The Morgan fingerprint density at radius 2 is 1.81 bits per heavy atom. The van der Waals surface area contributed by atoms with Gasteiger partial charge in [0.25, 0.3) is 5.91 Å². The topological polar surface area (TPSA) is 67.4 Å². The molecule has 0 bridgehead atoms. The number of piperidine rings is 1. The van der Waals surface area contributed by atoms with Crippen molar-refractivity contribution in [3.05, 3.63) is 64.9 Å². The number of benzene rings is 2. The maximum atomic E-state index is 12.9. The molecule has 2 aromatic carbocycles. The number of hydrogen-bond acceptors (Lipinski definition) is 6. The molecule has 1 N–H and O–H groups in total. The van der Waals surface area contributed by atoms with Gasteiger partial charge < -0.3 is 15.0 Å². The summed E-state index contributed by atoms with van der Waals surface area (Å²) in [5.41, 5.74) is 3.51. The van der Waals surface area contributed by atoms with Crippen LogP contribution in [0.15, 0.2) is 60.0 Å². The highest BCUT2D eigenvalue weighted by atomic mass is 32.1. The van der Waals surface area contributed by atoms with E-state index in [9.17, 15) is 4.79 Å². The highest BCUT2D eigenvalue weighted by Crippen LogP contribution is 2.36. The summed E-state index contributed by atoms with van der Waals surface area (Å²) in [5.74, 6) is 0.404. The second kappa shape index (κ2) is 8.96. The molecule has 0 aliphatic carbocycles. The molecule has 1 aliphatic rings. The van der Waals surface area contributed by atoms with Gasteiger partial charge in [-0.05, 0) is 48.9 Å². The van der Waals surface area contributed by atoms with Crippen molar-refractivity contribution in [1.29, 1.82) is 0 Å². The lowest BCUT2D eigenvalue weighted by Gasteiger charge is -2.31. The summed E-state index contributed by atoms with van der Waals surface area (Å²) in [6, 6.07) is 17.8. The smallest absolute Gasteiger partial charge is 0.265 e. The number of thiophene rings is 1. The molecule has 0 spiro atoms. The number of hydrogen-bond donors (Lipinski definition) is 1. The predicted octanol–water partition coefficient (Wildman–Crippen LogP) is 5.61. The van der Waals surface area contributed by atoms with E-state index in [1.54, 1.807) is 7.11 Å². The van der Waals surface area contributed by atoms with Crippen LogP contribution in [0.1, 0.15) is 28.9 Å². The largest absolute Gasteiger partial charge is 0.479 e. The fourth-order valence-corrected chi connectivity index (χ4v) is 4.85. The fraction of sp³-hybridized carbons (Fsp3) is 0.240. The van der Waals surface area contributed by atoms with E-state index in [4.69, 9.17) is 4.74 Å². The van der Waals surface area contributed by atoms with Crippen LogP contribution >= 0.6 is 11.3 Å². The van der Waals surface area contributed by atoms with Crippen molar-refractivity contribution < 1.29 is 9.53 Å². The normalized spacial score (nSPS) is 13.8. The lowest BCUT2D eigenvalue weighted by molar-refractivity contribution is 0.103. The van der Waals surface area contributed by atoms with Gasteiger partial charge in [0.2, 0.25) is 5.88 Å². The second-order valence-corrected chi connectivity index (χ2v) is 8.76. The average Bonchev–Trinajstić information content (AvgIpc) is 3.39. The lowest BCUT2D eigenvalue weighted by atomic mass is 10.0. The SMILES string of the molecule is COc1nnc(-c2ccc(N3CCCCC3)c(NC(=O)c3cccs3)c2)c2ccccc12. The van der Waals surface area contributed by atoms with Crippen LogP contribution in [0, 0.1) is 0 Å². The number of carbonyl (C=O) groups is 1. The molecule has 1 fully saturated rings. The third-order valence-corrected chi connectivity index (χ3v) is 6.68.